The van der Waals surface area contributed by atoms with E-state index < -0.39 is 10.0 Å². The molecule has 0 atom stereocenters. The molecule has 1 heterocycles. The predicted molar refractivity (Wildman–Crippen MR) is 99.7 cm³/mol. The van der Waals surface area contributed by atoms with Gasteiger partial charge in [-0.2, -0.15) is 4.31 Å². The summed E-state index contributed by atoms with van der Waals surface area (Å²) in [6.45, 7) is 2.77. The van der Waals surface area contributed by atoms with E-state index in [1.165, 1.54) is 10.4 Å². The van der Waals surface area contributed by atoms with Crippen molar-refractivity contribution in [1.82, 2.24) is 4.31 Å². The smallest absolute Gasteiger partial charge is 0.243 e. The molecule has 3 rings (SSSR count). The second-order valence-electron chi connectivity index (χ2n) is 6.21. The van der Waals surface area contributed by atoms with Crippen LogP contribution >= 0.6 is 0 Å². The molecule has 0 saturated heterocycles. The van der Waals surface area contributed by atoms with Crippen LogP contribution < -0.4 is 10.1 Å². The van der Waals surface area contributed by atoms with Gasteiger partial charge < -0.3 is 10.1 Å². The van der Waals surface area contributed by atoms with Gasteiger partial charge in [0.1, 0.15) is 5.75 Å². The van der Waals surface area contributed by atoms with Crippen molar-refractivity contribution in [1.29, 1.82) is 0 Å². The molecule has 1 amide bonds. The van der Waals surface area contributed by atoms with Crippen molar-refractivity contribution in [3.63, 3.8) is 0 Å². The molecule has 6 nitrogen and oxygen atoms in total. The van der Waals surface area contributed by atoms with Crippen LogP contribution in [0.2, 0.25) is 0 Å². The van der Waals surface area contributed by atoms with Crippen LogP contribution in [0.25, 0.3) is 0 Å². The molecule has 2 aromatic carbocycles. The number of fused-ring (bicyclic) bond motifs is 1. The lowest BCUT2D eigenvalue weighted by molar-refractivity contribution is -0.116. The first kappa shape index (κ1) is 18.4. The second kappa shape index (κ2) is 7.47. The molecule has 138 valence electrons. The minimum Gasteiger partial charge on any atom is -0.494 e. The molecule has 0 aliphatic carbocycles. The number of amides is 1. The van der Waals surface area contributed by atoms with Crippen molar-refractivity contribution in [2.45, 2.75) is 31.2 Å². The summed E-state index contributed by atoms with van der Waals surface area (Å²) in [6.07, 6.45) is 0.922. The minimum atomic E-state index is -3.62. The summed E-state index contributed by atoms with van der Waals surface area (Å²) < 4.78 is 32.5. The van der Waals surface area contributed by atoms with Crippen LogP contribution in [0.3, 0.4) is 0 Å². The first-order chi connectivity index (χ1) is 12.4. The molecule has 7 heteroatoms. The van der Waals surface area contributed by atoms with Gasteiger partial charge in [0.25, 0.3) is 0 Å². The molecular weight excluding hydrogens is 352 g/mol. The third-order valence-electron chi connectivity index (χ3n) is 4.32. The maximum Gasteiger partial charge on any atom is 0.243 e. The molecule has 0 bridgehead atoms. The molecule has 0 aromatic heterocycles. The van der Waals surface area contributed by atoms with Crippen molar-refractivity contribution in [3.8, 4) is 5.75 Å². The van der Waals surface area contributed by atoms with Crippen LogP contribution in [-0.4, -0.2) is 32.3 Å². The fourth-order valence-electron chi connectivity index (χ4n) is 2.90. The van der Waals surface area contributed by atoms with Gasteiger partial charge in [-0.1, -0.05) is 12.1 Å². The Hall–Kier alpha value is -2.38. The predicted octanol–water partition coefficient (Wildman–Crippen LogP) is 2.79. The molecular formula is C19H22N2O4S. The molecule has 0 radical (unpaired) electrons. The molecule has 0 fully saturated rings. The summed E-state index contributed by atoms with van der Waals surface area (Å²) in [7, 11) is -2.05. The molecule has 1 aliphatic heterocycles. The topological polar surface area (TPSA) is 75.7 Å². The second-order valence-corrected chi connectivity index (χ2v) is 8.25. The summed E-state index contributed by atoms with van der Waals surface area (Å²) in [5.41, 5.74) is 2.42. The average Bonchev–Trinajstić information content (AvgIpc) is 2.63. The zero-order valence-corrected chi connectivity index (χ0v) is 15.7. The van der Waals surface area contributed by atoms with E-state index in [1.807, 2.05) is 31.2 Å². The number of carbonyl (C=O) groups excluding carboxylic acids is 1. The minimum absolute atomic E-state index is 0.0410. The summed E-state index contributed by atoms with van der Waals surface area (Å²) in [5.74, 6) is 0.721. The lowest BCUT2D eigenvalue weighted by Gasteiger charge is -2.21. The molecule has 0 spiro atoms. The number of nitrogens with one attached hydrogen (secondary N) is 1. The Bertz CT molecular complexity index is 908. The van der Waals surface area contributed by atoms with Crippen LogP contribution in [0.15, 0.2) is 47.4 Å². The maximum atomic E-state index is 12.9. The van der Waals surface area contributed by atoms with Gasteiger partial charge in [-0.3, -0.25) is 4.79 Å². The van der Waals surface area contributed by atoms with Crippen LogP contribution in [0, 0.1) is 0 Å². The molecule has 26 heavy (non-hydrogen) atoms. The molecule has 0 unspecified atom stereocenters. The van der Waals surface area contributed by atoms with Gasteiger partial charge in [-0.25, -0.2) is 8.42 Å². The molecule has 1 aliphatic rings. The van der Waals surface area contributed by atoms with Gasteiger partial charge in [-0.05, 0) is 54.8 Å². The number of benzene rings is 2. The number of nitrogens with zero attached hydrogens (tertiary/aromatic N) is 1. The maximum absolute atomic E-state index is 12.9. The molecule has 1 N–H and O–H groups in total. The van der Waals surface area contributed by atoms with E-state index in [2.05, 4.69) is 5.32 Å². The molecule has 2 aromatic rings. The van der Waals surface area contributed by atoms with Gasteiger partial charge in [0.15, 0.2) is 0 Å². The van der Waals surface area contributed by atoms with Crippen molar-refractivity contribution in [3.05, 3.63) is 53.6 Å². The summed E-state index contributed by atoms with van der Waals surface area (Å²) in [6, 6.07) is 12.2. The third kappa shape index (κ3) is 3.89. The fourth-order valence-corrected chi connectivity index (χ4v) is 4.11. The van der Waals surface area contributed by atoms with E-state index in [1.54, 1.807) is 19.2 Å². The van der Waals surface area contributed by atoms with Crippen LogP contribution in [-0.2, 0) is 27.8 Å². The van der Waals surface area contributed by atoms with Gasteiger partial charge in [0.2, 0.25) is 15.9 Å². The zero-order valence-electron chi connectivity index (χ0n) is 14.9. The van der Waals surface area contributed by atoms with Crippen molar-refractivity contribution < 1.29 is 17.9 Å². The monoisotopic (exact) mass is 374 g/mol. The first-order valence-corrected chi connectivity index (χ1v) is 9.95. The van der Waals surface area contributed by atoms with Crippen molar-refractivity contribution in [2.75, 3.05) is 19.0 Å². The zero-order chi connectivity index (χ0) is 18.7. The Balaban J connectivity index is 1.77. The Morgan fingerprint density at radius 3 is 2.54 bits per heavy atom. The first-order valence-electron chi connectivity index (χ1n) is 8.51. The van der Waals surface area contributed by atoms with E-state index >= 15 is 0 Å². The van der Waals surface area contributed by atoms with E-state index in [-0.39, 0.29) is 17.3 Å². The standard InChI is InChI=1S/C19H22N2O4S/c1-3-25-16-7-4-14(5-8-16)13-21(2)26(23,24)17-9-10-18-15(12-17)6-11-19(22)20-18/h4-5,7-10,12H,3,6,11,13H2,1-2H3,(H,20,22). The van der Waals surface area contributed by atoms with Crippen molar-refractivity contribution in [2.24, 2.45) is 0 Å². The van der Waals surface area contributed by atoms with E-state index in [9.17, 15) is 13.2 Å². The number of hydrogen-bond donors (Lipinski definition) is 1. The highest BCUT2D eigenvalue weighted by molar-refractivity contribution is 7.89. The lowest BCUT2D eigenvalue weighted by Crippen LogP contribution is -2.27. The normalized spacial score (nSPS) is 14.0. The van der Waals surface area contributed by atoms with E-state index in [0.717, 1.165) is 16.9 Å². The number of ether oxygens (including phenoxy) is 1. The Labute approximate surface area is 153 Å². The fraction of sp³-hybridized carbons (Fsp3) is 0.316. The molecule has 0 saturated carbocycles. The van der Waals surface area contributed by atoms with Gasteiger partial charge in [-0.15, -0.1) is 0 Å². The number of rotatable bonds is 6. The van der Waals surface area contributed by atoms with Crippen LogP contribution in [0.1, 0.15) is 24.5 Å². The van der Waals surface area contributed by atoms with Crippen molar-refractivity contribution >= 4 is 21.6 Å². The quantitative estimate of drug-likeness (QED) is 0.844. The van der Waals surface area contributed by atoms with E-state index in [0.29, 0.717) is 25.1 Å². The van der Waals surface area contributed by atoms with E-state index in [4.69, 9.17) is 4.74 Å². The SMILES string of the molecule is CCOc1ccc(CN(C)S(=O)(=O)c2ccc3c(c2)CCC(=O)N3)cc1. The third-order valence-corrected chi connectivity index (χ3v) is 6.12. The Kier molecular flexibility index (Phi) is 5.29. The van der Waals surface area contributed by atoms with Gasteiger partial charge >= 0.3 is 0 Å². The highest BCUT2D eigenvalue weighted by atomic mass is 32.2. The van der Waals surface area contributed by atoms with Gasteiger partial charge in [0.05, 0.1) is 11.5 Å². The Morgan fingerprint density at radius 1 is 1.12 bits per heavy atom. The summed E-state index contributed by atoms with van der Waals surface area (Å²) in [5, 5.41) is 2.76. The van der Waals surface area contributed by atoms with Crippen LogP contribution in [0.4, 0.5) is 5.69 Å². The number of sulfonamides is 1. The van der Waals surface area contributed by atoms with Crippen LogP contribution in [0.5, 0.6) is 5.75 Å². The Morgan fingerprint density at radius 2 is 1.85 bits per heavy atom. The largest absolute Gasteiger partial charge is 0.494 e. The number of aryl methyl sites for hydroxylation is 1. The summed E-state index contributed by atoms with van der Waals surface area (Å²) in [4.78, 5) is 11.7. The lowest BCUT2D eigenvalue weighted by atomic mass is 10.0. The summed E-state index contributed by atoms with van der Waals surface area (Å²) >= 11 is 0. The number of anilines is 1. The highest BCUT2D eigenvalue weighted by Gasteiger charge is 2.23. The number of hydrogen-bond acceptors (Lipinski definition) is 4. The number of carbonyl (C=O) groups is 1. The van der Waals surface area contributed by atoms with Gasteiger partial charge in [0, 0.05) is 25.7 Å². The average molecular weight is 374 g/mol. The highest BCUT2D eigenvalue weighted by Crippen LogP contribution is 2.27.